The molecule has 0 amide bonds. The Morgan fingerprint density at radius 1 is 1.00 bits per heavy atom. The largest absolute Gasteiger partial charge is 0.412 e. The van der Waals surface area contributed by atoms with E-state index in [-0.39, 0.29) is 5.48 Å². The molecule has 1 heteroatoms. The first-order valence-corrected chi connectivity index (χ1v) is 2.41. The van der Waals surface area contributed by atoms with Gasteiger partial charge in [0.1, 0.15) is 0 Å². The highest BCUT2D eigenvalue weighted by Gasteiger charge is 1.35. The maximum atomic E-state index is 2.12. The monoisotopic (exact) mass is 92.1 g/mol. The second-order valence-electron chi connectivity index (χ2n) is 0.707. The molecule has 0 aliphatic rings. The number of rotatable bonds is 0. The topological polar surface area (TPSA) is 31.5 Å². The Hall–Kier alpha value is -0.0400. The van der Waals surface area contributed by atoms with E-state index in [0.717, 1.165) is 0 Å². The summed E-state index contributed by atoms with van der Waals surface area (Å²) in [5, 5.41) is 0. The number of hydrogen-bond donors (Lipinski definition) is 0. The van der Waals surface area contributed by atoms with Crippen LogP contribution in [0.1, 0.15) is 34.1 Å². The summed E-state index contributed by atoms with van der Waals surface area (Å²) >= 11 is 0. The van der Waals surface area contributed by atoms with Crippen molar-refractivity contribution in [2.75, 3.05) is 0 Å². The van der Waals surface area contributed by atoms with E-state index in [2.05, 4.69) is 13.8 Å². The van der Waals surface area contributed by atoms with E-state index in [1.54, 1.807) is 0 Å². The van der Waals surface area contributed by atoms with Crippen molar-refractivity contribution in [1.29, 1.82) is 0 Å². The van der Waals surface area contributed by atoms with Crippen LogP contribution in [0, 0.1) is 0 Å². The minimum atomic E-state index is 0. The molecule has 0 aromatic carbocycles. The fourth-order valence-corrected chi connectivity index (χ4v) is 0. The quantitative estimate of drug-likeness (QED) is 0.435. The molecule has 0 aromatic rings. The Kier molecular flexibility index (Phi) is 235. The fourth-order valence-electron chi connectivity index (χ4n) is 0. The van der Waals surface area contributed by atoms with Gasteiger partial charge in [-0.1, -0.05) is 34.1 Å². The third-order valence-corrected chi connectivity index (χ3v) is 0. The van der Waals surface area contributed by atoms with Crippen LogP contribution in [0.15, 0.2) is 0 Å². The smallest absolute Gasteiger partial charge is 0.0590 e. The molecule has 0 fully saturated rings. The van der Waals surface area contributed by atoms with Crippen LogP contribution >= 0.6 is 0 Å². The first kappa shape index (κ1) is 16.7. The van der Waals surface area contributed by atoms with Crippen molar-refractivity contribution in [3.63, 3.8) is 0 Å². The van der Waals surface area contributed by atoms with Crippen molar-refractivity contribution in [3.05, 3.63) is 0 Å². The molecule has 1 nitrogen and oxygen atoms in total. The van der Waals surface area contributed by atoms with Crippen LogP contribution in [0.5, 0.6) is 0 Å². The summed E-state index contributed by atoms with van der Waals surface area (Å²) in [5.41, 5.74) is 0. The van der Waals surface area contributed by atoms with Crippen molar-refractivity contribution in [2.45, 2.75) is 34.1 Å². The molecule has 0 spiro atoms. The summed E-state index contributed by atoms with van der Waals surface area (Å²) in [6, 6.07) is 0. The van der Waals surface area contributed by atoms with Gasteiger partial charge in [-0.3, -0.25) is 0 Å². The van der Waals surface area contributed by atoms with E-state index in [1.807, 2.05) is 13.8 Å². The van der Waals surface area contributed by atoms with Crippen LogP contribution in [-0.4, -0.2) is 5.48 Å². The molecule has 0 aromatic heterocycles. The molecule has 0 radical (unpaired) electrons. The summed E-state index contributed by atoms with van der Waals surface area (Å²) in [6.07, 6.45) is 1.25. The van der Waals surface area contributed by atoms with Gasteiger partial charge in [0.25, 0.3) is 0 Å². The van der Waals surface area contributed by atoms with E-state index in [9.17, 15) is 0 Å². The lowest BCUT2D eigenvalue weighted by molar-refractivity contribution is 0.824. The van der Waals surface area contributed by atoms with Crippen LogP contribution in [-0.2, 0) is 0 Å². The molecule has 0 rings (SSSR count). The minimum Gasteiger partial charge on any atom is -0.412 e. The summed E-state index contributed by atoms with van der Waals surface area (Å²) in [4.78, 5) is 0. The highest BCUT2D eigenvalue weighted by molar-refractivity contribution is 3.92. The van der Waals surface area contributed by atoms with Crippen LogP contribution < -0.4 is 0 Å². The standard InChI is InChI=1S/C3H8.C2H6.H2O/c1-3-2;1-2;/h3H2,1-2H3;1-2H3;1H2. The molecule has 0 atom stereocenters. The summed E-state index contributed by atoms with van der Waals surface area (Å²) in [7, 11) is 0. The number of hydrogen-bond acceptors (Lipinski definition) is 0. The van der Waals surface area contributed by atoms with Crippen molar-refractivity contribution in [1.82, 2.24) is 0 Å². The van der Waals surface area contributed by atoms with Gasteiger partial charge in [0.2, 0.25) is 0 Å². The molecule has 6 heavy (non-hydrogen) atoms. The highest BCUT2D eigenvalue weighted by Crippen LogP contribution is 1.56. The summed E-state index contributed by atoms with van der Waals surface area (Å²) < 4.78 is 0. The maximum absolute atomic E-state index is 2.12. The molecular weight excluding hydrogens is 76.1 g/mol. The fraction of sp³-hybridized carbons (Fsp3) is 1.00. The van der Waals surface area contributed by atoms with Crippen molar-refractivity contribution >= 4 is 0 Å². The third kappa shape index (κ3) is 21700. The lowest BCUT2D eigenvalue weighted by Gasteiger charge is -1.48. The van der Waals surface area contributed by atoms with Gasteiger partial charge in [-0.25, -0.2) is 0 Å². The zero-order chi connectivity index (χ0) is 4.71. The second kappa shape index (κ2) is 84.4. The van der Waals surface area contributed by atoms with Crippen molar-refractivity contribution < 1.29 is 5.48 Å². The van der Waals surface area contributed by atoms with E-state index in [1.165, 1.54) is 6.42 Å². The first-order valence-electron chi connectivity index (χ1n) is 2.41. The van der Waals surface area contributed by atoms with Crippen molar-refractivity contribution in [2.24, 2.45) is 0 Å². The molecule has 0 unspecified atom stereocenters. The Bertz CT molecular complexity index is 3.90. The third-order valence-electron chi connectivity index (χ3n) is 0. The van der Waals surface area contributed by atoms with Gasteiger partial charge in [-0.2, -0.15) is 0 Å². The van der Waals surface area contributed by atoms with E-state index in [4.69, 9.17) is 0 Å². The van der Waals surface area contributed by atoms with Crippen LogP contribution in [0.4, 0.5) is 0 Å². The van der Waals surface area contributed by atoms with Crippen molar-refractivity contribution in [3.8, 4) is 0 Å². The summed E-state index contributed by atoms with van der Waals surface area (Å²) in [6.45, 7) is 8.25. The first-order chi connectivity index (χ1) is 2.41. The molecule has 0 bridgehead atoms. The average Bonchev–Trinajstić information content (AvgIpc) is 1.46. The van der Waals surface area contributed by atoms with Gasteiger partial charge < -0.3 is 5.48 Å². The summed E-state index contributed by atoms with van der Waals surface area (Å²) in [5.74, 6) is 0. The van der Waals surface area contributed by atoms with Gasteiger partial charge in [-0.15, -0.1) is 0 Å². The molecular formula is C5H16O. The molecule has 0 saturated heterocycles. The predicted molar refractivity (Wildman–Crippen MR) is 30.9 cm³/mol. The van der Waals surface area contributed by atoms with Gasteiger partial charge in [0, 0.05) is 0 Å². The predicted octanol–water partition coefficient (Wildman–Crippen LogP) is 1.62. The zero-order valence-corrected chi connectivity index (χ0v) is 5.21. The molecule has 0 saturated carbocycles. The Morgan fingerprint density at radius 3 is 1.00 bits per heavy atom. The van der Waals surface area contributed by atoms with Crippen LogP contribution in [0.2, 0.25) is 0 Å². The van der Waals surface area contributed by atoms with Gasteiger partial charge in [0.15, 0.2) is 0 Å². The minimum absolute atomic E-state index is 0. The average molecular weight is 92.2 g/mol. The van der Waals surface area contributed by atoms with Gasteiger partial charge in [0.05, 0.1) is 0 Å². The molecule has 2 N–H and O–H groups in total. The van der Waals surface area contributed by atoms with Crippen LogP contribution in [0.25, 0.3) is 0 Å². The van der Waals surface area contributed by atoms with Crippen LogP contribution in [0.3, 0.4) is 0 Å². The highest BCUT2D eigenvalue weighted by atomic mass is 16.0. The lowest BCUT2D eigenvalue weighted by Crippen LogP contribution is -1.27. The molecule has 0 aliphatic carbocycles. The lowest BCUT2D eigenvalue weighted by atomic mass is 10.6. The molecule has 42 valence electrons. The normalized spacial score (nSPS) is 4.00. The van der Waals surface area contributed by atoms with Gasteiger partial charge in [-0.05, 0) is 0 Å². The maximum Gasteiger partial charge on any atom is -0.0590 e. The van der Waals surface area contributed by atoms with E-state index in [0.29, 0.717) is 0 Å². The Balaban J connectivity index is -0.0000000275. The SMILES string of the molecule is CC.CCC.O. The second-order valence-corrected chi connectivity index (χ2v) is 0.707. The Morgan fingerprint density at radius 2 is 1.00 bits per heavy atom. The molecule has 0 heterocycles. The van der Waals surface area contributed by atoms with Gasteiger partial charge >= 0.3 is 0 Å². The van der Waals surface area contributed by atoms with E-state index < -0.39 is 0 Å². The zero-order valence-electron chi connectivity index (χ0n) is 5.21. The Labute approximate surface area is 40.7 Å². The van der Waals surface area contributed by atoms with E-state index >= 15 is 0 Å². The molecule has 0 aliphatic heterocycles.